The highest BCUT2D eigenvalue weighted by atomic mass is 32.2. The summed E-state index contributed by atoms with van der Waals surface area (Å²) in [6, 6.07) is 8.60. The summed E-state index contributed by atoms with van der Waals surface area (Å²) in [5.41, 5.74) is 3.81. The average molecular weight is 292 g/mol. The normalized spacial score (nSPS) is 20.2. The zero-order chi connectivity index (χ0) is 14.3. The maximum Gasteiger partial charge on any atom is 0.148 e. The smallest absolute Gasteiger partial charge is 0.148 e. The molecule has 0 spiro atoms. The second-order valence-electron chi connectivity index (χ2n) is 5.65. The Kier molecular flexibility index (Phi) is 3.34. The van der Waals surface area contributed by atoms with Gasteiger partial charge in [0, 0.05) is 42.0 Å². The molecule has 0 amide bonds. The Morgan fingerprint density at radius 2 is 2.10 bits per heavy atom. The lowest BCUT2D eigenvalue weighted by molar-refractivity contribution is 0.208. The highest BCUT2D eigenvalue weighted by Crippen LogP contribution is 2.33. The molecule has 2 heterocycles. The fourth-order valence-electron chi connectivity index (χ4n) is 3.07. The first-order valence-corrected chi connectivity index (χ1v) is 9.03. The van der Waals surface area contributed by atoms with Gasteiger partial charge >= 0.3 is 0 Å². The lowest BCUT2D eigenvalue weighted by atomic mass is 9.98. The van der Waals surface area contributed by atoms with Crippen molar-refractivity contribution in [3.8, 4) is 0 Å². The van der Waals surface area contributed by atoms with Crippen LogP contribution in [-0.2, 0) is 16.3 Å². The standard InChI is InChI=1S/C15H20N2O2S/c1-11-15-13(12-5-3-4-6-14(12)16-15)7-8-17(11)9-10-20(2,18)19/h3-6,11,16H,7-10H2,1-2H3/t11-/m1/s1. The van der Waals surface area contributed by atoms with Crippen LogP contribution in [0.15, 0.2) is 24.3 Å². The van der Waals surface area contributed by atoms with Crippen LogP contribution in [0, 0.1) is 0 Å². The van der Waals surface area contributed by atoms with Crippen molar-refractivity contribution in [1.29, 1.82) is 0 Å². The van der Waals surface area contributed by atoms with E-state index >= 15 is 0 Å². The van der Waals surface area contributed by atoms with Gasteiger partial charge in [0.05, 0.1) is 5.75 Å². The molecule has 0 fully saturated rings. The van der Waals surface area contributed by atoms with Gasteiger partial charge in [0.15, 0.2) is 0 Å². The summed E-state index contributed by atoms with van der Waals surface area (Å²) in [6.07, 6.45) is 2.28. The Morgan fingerprint density at radius 1 is 1.35 bits per heavy atom. The number of sulfone groups is 1. The Labute approximate surface area is 119 Å². The average Bonchev–Trinajstić information content (AvgIpc) is 2.77. The molecule has 1 N–H and O–H groups in total. The van der Waals surface area contributed by atoms with E-state index < -0.39 is 9.84 Å². The molecule has 108 valence electrons. The Morgan fingerprint density at radius 3 is 2.85 bits per heavy atom. The van der Waals surface area contributed by atoms with Crippen molar-refractivity contribution in [3.05, 3.63) is 35.5 Å². The minimum Gasteiger partial charge on any atom is -0.357 e. The van der Waals surface area contributed by atoms with E-state index in [0.29, 0.717) is 6.54 Å². The number of nitrogens with one attached hydrogen (secondary N) is 1. The Hall–Kier alpha value is -1.33. The number of para-hydroxylation sites is 1. The van der Waals surface area contributed by atoms with E-state index in [0.717, 1.165) is 13.0 Å². The minimum atomic E-state index is -2.90. The van der Waals surface area contributed by atoms with E-state index in [1.54, 1.807) is 0 Å². The molecular weight excluding hydrogens is 272 g/mol. The first-order chi connectivity index (χ1) is 9.46. The summed E-state index contributed by atoms with van der Waals surface area (Å²) in [5, 5.41) is 1.30. The third-order valence-electron chi connectivity index (χ3n) is 4.21. The molecule has 0 radical (unpaired) electrons. The van der Waals surface area contributed by atoms with E-state index in [4.69, 9.17) is 0 Å². The van der Waals surface area contributed by atoms with Crippen molar-refractivity contribution < 1.29 is 8.42 Å². The number of fused-ring (bicyclic) bond motifs is 3. The van der Waals surface area contributed by atoms with Crippen LogP contribution in [0.2, 0.25) is 0 Å². The van der Waals surface area contributed by atoms with E-state index in [2.05, 4.69) is 35.0 Å². The molecule has 1 atom stereocenters. The number of benzene rings is 1. The summed E-state index contributed by atoms with van der Waals surface area (Å²) in [6.45, 7) is 3.68. The van der Waals surface area contributed by atoms with Crippen molar-refractivity contribution in [1.82, 2.24) is 9.88 Å². The molecule has 1 aliphatic heterocycles. The van der Waals surface area contributed by atoms with Gasteiger partial charge in [-0.25, -0.2) is 8.42 Å². The summed E-state index contributed by atoms with van der Waals surface area (Å²) in [4.78, 5) is 5.75. The monoisotopic (exact) mass is 292 g/mol. The first kappa shape index (κ1) is 13.6. The van der Waals surface area contributed by atoms with Gasteiger partial charge in [0.1, 0.15) is 9.84 Å². The van der Waals surface area contributed by atoms with Crippen LogP contribution in [-0.4, -0.2) is 43.4 Å². The quantitative estimate of drug-likeness (QED) is 0.943. The molecule has 0 aliphatic carbocycles. The van der Waals surface area contributed by atoms with E-state index in [-0.39, 0.29) is 11.8 Å². The van der Waals surface area contributed by atoms with Gasteiger partial charge in [-0.2, -0.15) is 0 Å². The maximum atomic E-state index is 11.3. The number of rotatable bonds is 3. The van der Waals surface area contributed by atoms with Crippen LogP contribution in [0.4, 0.5) is 0 Å². The third kappa shape index (κ3) is 2.47. The van der Waals surface area contributed by atoms with E-state index in [9.17, 15) is 8.42 Å². The molecule has 2 aromatic rings. The number of hydrogen-bond acceptors (Lipinski definition) is 3. The molecule has 0 unspecified atom stereocenters. The van der Waals surface area contributed by atoms with Gasteiger partial charge in [0.25, 0.3) is 0 Å². The van der Waals surface area contributed by atoms with Crippen molar-refractivity contribution in [2.24, 2.45) is 0 Å². The Balaban J connectivity index is 1.89. The van der Waals surface area contributed by atoms with E-state index in [1.165, 1.54) is 28.4 Å². The van der Waals surface area contributed by atoms with Gasteiger partial charge in [0.2, 0.25) is 0 Å². The zero-order valence-corrected chi connectivity index (χ0v) is 12.7. The SMILES string of the molecule is C[C@@H]1c2[nH]c3ccccc3c2CCN1CCS(C)(=O)=O. The van der Waals surface area contributed by atoms with Gasteiger partial charge in [-0.15, -0.1) is 0 Å². The second kappa shape index (κ2) is 4.90. The topological polar surface area (TPSA) is 53.2 Å². The molecular formula is C15H20N2O2S. The number of aromatic nitrogens is 1. The molecule has 4 nitrogen and oxygen atoms in total. The summed E-state index contributed by atoms with van der Waals surface area (Å²) in [5.74, 6) is 0.229. The summed E-state index contributed by atoms with van der Waals surface area (Å²) >= 11 is 0. The zero-order valence-electron chi connectivity index (χ0n) is 11.9. The van der Waals surface area contributed by atoms with Crippen molar-refractivity contribution >= 4 is 20.7 Å². The van der Waals surface area contributed by atoms with Crippen LogP contribution in [0.3, 0.4) is 0 Å². The van der Waals surface area contributed by atoms with Crippen LogP contribution in [0.25, 0.3) is 10.9 Å². The molecule has 0 saturated carbocycles. The lowest BCUT2D eigenvalue weighted by Gasteiger charge is -2.33. The number of hydrogen-bond donors (Lipinski definition) is 1. The molecule has 1 aliphatic rings. The first-order valence-electron chi connectivity index (χ1n) is 6.97. The highest BCUT2D eigenvalue weighted by molar-refractivity contribution is 7.90. The molecule has 3 rings (SSSR count). The largest absolute Gasteiger partial charge is 0.357 e. The second-order valence-corrected chi connectivity index (χ2v) is 7.91. The number of nitrogens with zero attached hydrogens (tertiary/aromatic N) is 1. The molecule has 0 bridgehead atoms. The molecule has 1 aromatic carbocycles. The summed E-state index contributed by atoms with van der Waals surface area (Å²) < 4.78 is 22.7. The minimum absolute atomic E-state index is 0.229. The van der Waals surface area contributed by atoms with Gasteiger partial charge < -0.3 is 4.98 Å². The third-order valence-corrected chi connectivity index (χ3v) is 5.13. The van der Waals surface area contributed by atoms with Crippen molar-refractivity contribution in [2.45, 2.75) is 19.4 Å². The van der Waals surface area contributed by atoms with Crippen LogP contribution in [0.1, 0.15) is 24.2 Å². The molecule has 20 heavy (non-hydrogen) atoms. The van der Waals surface area contributed by atoms with Crippen molar-refractivity contribution in [3.63, 3.8) is 0 Å². The number of aromatic amines is 1. The maximum absolute atomic E-state index is 11.3. The Bertz CT molecular complexity index is 733. The lowest BCUT2D eigenvalue weighted by Crippen LogP contribution is -2.37. The summed E-state index contributed by atoms with van der Waals surface area (Å²) in [7, 11) is -2.90. The van der Waals surface area contributed by atoms with Crippen LogP contribution < -0.4 is 0 Å². The van der Waals surface area contributed by atoms with E-state index in [1.807, 2.05) is 6.07 Å². The van der Waals surface area contributed by atoms with Gasteiger partial charge in [-0.05, 0) is 25.0 Å². The van der Waals surface area contributed by atoms with Gasteiger partial charge in [-0.3, -0.25) is 4.90 Å². The van der Waals surface area contributed by atoms with Crippen LogP contribution >= 0.6 is 0 Å². The molecule has 5 heteroatoms. The fourth-order valence-corrected chi connectivity index (χ4v) is 3.63. The molecule has 0 saturated heterocycles. The predicted octanol–water partition coefficient (Wildman–Crippen LogP) is 2.13. The molecule has 1 aromatic heterocycles. The van der Waals surface area contributed by atoms with Crippen molar-refractivity contribution in [2.75, 3.05) is 25.1 Å². The fraction of sp³-hybridized carbons (Fsp3) is 0.467. The van der Waals surface area contributed by atoms with Gasteiger partial charge in [-0.1, -0.05) is 18.2 Å². The number of H-pyrrole nitrogens is 1. The van der Waals surface area contributed by atoms with Crippen LogP contribution in [0.5, 0.6) is 0 Å². The predicted molar refractivity (Wildman–Crippen MR) is 81.7 cm³/mol. The highest BCUT2D eigenvalue weighted by Gasteiger charge is 2.27.